The molecule has 1 saturated heterocycles. The van der Waals surface area contributed by atoms with Gasteiger partial charge in [-0.25, -0.2) is 12.7 Å². The van der Waals surface area contributed by atoms with Crippen molar-refractivity contribution in [2.24, 2.45) is 11.7 Å². The average Bonchev–Trinajstić information content (AvgIpc) is 2.60. The summed E-state index contributed by atoms with van der Waals surface area (Å²) in [5.74, 6) is -2.07. The normalized spacial score (nSPS) is 21.0. The van der Waals surface area contributed by atoms with Crippen LogP contribution in [0.15, 0.2) is 0 Å². The Labute approximate surface area is 130 Å². The van der Waals surface area contributed by atoms with E-state index in [-0.39, 0.29) is 25.2 Å². The molecule has 1 fully saturated rings. The molecule has 1 rings (SSSR count). The summed E-state index contributed by atoms with van der Waals surface area (Å²) in [7, 11) is -3.86. The van der Waals surface area contributed by atoms with E-state index in [1.54, 1.807) is 6.92 Å². The molecule has 0 aliphatic carbocycles. The number of carbonyl (C=O) groups excluding carboxylic acids is 3. The Morgan fingerprint density at radius 2 is 2.09 bits per heavy atom. The molecule has 0 saturated carbocycles. The van der Waals surface area contributed by atoms with Gasteiger partial charge in [-0.3, -0.25) is 14.4 Å². The first-order valence-electron chi connectivity index (χ1n) is 7.19. The average molecular weight is 333 g/mol. The lowest BCUT2D eigenvalue weighted by Gasteiger charge is -2.28. The van der Waals surface area contributed by atoms with Crippen molar-refractivity contribution in [1.29, 1.82) is 0 Å². The van der Waals surface area contributed by atoms with Crippen molar-refractivity contribution < 1.29 is 22.8 Å². The van der Waals surface area contributed by atoms with Crippen molar-refractivity contribution in [3.63, 3.8) is 0 Å². The van der Waals surface area contributed by atoms with Crippen LogP contribution in [0.25, 0.3) is 0 Å². The monoisotopic (exact) mass is 333 g/mol. The lowest BCUT2D eigenvalue weighted by molar-refractivity contribution is -0.134. The largest absolute Gasteiger partial charge is 0.369 e. The van der Waals surface area contributed by atoms with Crippen molar-refractivity contribution in [3.8, 4) is 0 Å². The number of hydrogen-bond acceptors (Lipinski definition) is 6. The molecule has 22 heavy (non-hydrogen) atoms. The fourth-order valence-electron chi connectivity index (χ4n) is 2.34. The van der Waals surface area contributed by atoms with Gasteiger partial charge in [-0.05, 0) is 25.8 Å². The number of nitrogens with zero attached hydrogens (tertiary/aromatic N) is 1. The minimum absolute atomic E-state index is 0.0433. The van der Waals surface area contributed by atoms with Crippen LogP contribution in [0.5, 0.6) is 0 Å². The summed E-state index contributed by atoms with van der Waals surface area (Å²) in [6.45, 7) is 2.22. The lowest BCUT2D eigenvalue weighted by atomic mass is 10.0. The standard InChI is InChI=1S/C13H23N3O5S/c1-9(13(14)19)5-6-12(18)16(22(2,20)21)10-4-3-7-15-8-11(10)17/h9-10,15H,3-8H2,1-2H3,(H2,14,19)/t9?,10-/m0/s1. The van der Waals surface area contributed by atoms with Crippen molar-refractivity contribution in [2.75, 3.05) is 19.3 Å². The van der Waals surface area contributed by atoms with Gasteiger partial charge in [0.1, 0.15) is 6.04 Å². The van der Waals surface area contributed by atoms with Crippen LogP contribution in [0.1, 0.15) is 32.6 Å². The molecular weight excluding hydrogens is 310 g/mol. The van der Waals surface area contributed by atoms with E-state index in [1.165, 1.54) is 0 Å². The van der Waals surface area contributed by atoms with E-state index >= 15 is 0 Å². The molecule has 1 heterocycles. The van der Waals surface area contributed by atoms with E-state index in [9.17, 15) is 22.8 Å². The van der Waals surface area contributed by atoms with Gasteiger partial charge in [-0.2, -0.15) is 0 Å². The number of ketones is 1. The lowest BCUT2D eigenvalue weighted by Crippen LogP contribution is -2.49. The highest BCUT2D eigenvalue weighted by Crippen LogP contribution is 2.18. The molecule has 0 radical (unpaired) electrons. The van der Waals surface area contributed by atoms with E-state index in [4.69, 9.17) is 5.73 Å². The van der Waals surface area contributed by atoms with Gasteiger partial charge in [0.15, 0.2) is 5.78 Å². The number of Topliss-reactive ketones (excluding diaryl/α,β-unsaturated/α-hetero) is 1. The minimum atomic E-state index is -3.86. The molecule has 0 aromatic rings. The fraction of sp³-hybridized carbons (Fsp3) is 0.769. The highest BCUT2D eigenvalue weighted by Gasteiger charge is 2.36. The van der Waals surface area contributed by atoms with Gasteiger partial charge < -0.3 is 11.1 Å². The minimum Gasteiger partial charge on any atom is -0.369 e. The molecule has 126 valence electrons. The summed E-state index contributed by atoms with van der Waals surface area (Å²) in [5, 5.41) is 2.89. The van der Waals surface area contributed by atoms with Crippen molar-refractivity contribution in [1.82, 2.24) is 9.62 Å². The zero-order valence-electron chi connectivity index (χ0n) is 12.9. The summed E-state index contributed by atoms with van der Waals surface area (Å²) in [6.07, 6.45) is 1.82. The molecule has 0 aromatic carbocycles. The SMILES string of the molecule is CC(CCC(=O)N([C@H]1CCCNCC1=O)S(C)(=O)=O)C(N)=O. The molecule has 9 heteroatoms. The molecule has 1 aliphatic heterocycles. The molecule has 0 spiro atoms. The maximum absolute atomic E-state index is 12.3. The summed E-state index contributed by atoms with van der Waals surface area (Å²) < 4.78 is 24.6. The fourth-order valence-corrected chi connectivity index (χ4v) is 3.49. The van der Waals surface area contributed by atoms with Gasteiger partial charge in [-0.15, -0.1) is 0 Å². The van der Waals surface area contributed by atoms with Crippen molar-refractivity contribution in [3.05, 3.63) is 0 Å². The first-order chi connectivity index (χ1) is 10.1. The van der Waals surface area contributed by atoms with E-state index in [0.717, 1.165) is 6.26 Å². The predicted molar refractivity (Wildman–Crippen MR) is 80.2 cm³/mol. The van der Waals surface area contributed by atoms with E-state index < -0.39 is 33.8 Å². The van der Waals surface area contributed by atoms with Gasteiger partial charge in [0.25, 0.3) is 0 Å². The second-order valence-corrected chi connectivity index (χ2v) is 7.46. The topological polar surface area (TPSA) is 127 Å². The van der Waals surface area contributed by atoms with E-state index in [2.05, 4.69) is 5.32 Å². The van der Waals surface area contributed by atoms with Crippen LogP contribution in [0.3, 0.4) is 0 Å². The Kier molecular flexibility index (Phi) is 6.48. The molecule has 2 atom stereocenters. The first kappa shape index (κ1) is 18.6. The van der Waals surface area contributed by atoms with Crippen LogP contribution in [-0.2, 0) is 24.4 Å². The third-order valence-corrected chi connectivity index (χ3v) is 4.84. The molecule has 0 aromatic heterocycles. The Morgan fingerprint density at radius 1 is 1.45 bits per heavy atom. The molecular formula is C13H23N3O5S. The molecule has 1 unspecified atom stereocenters. The third kappa shape index (κ3) is 5.06. The Hall–Kier alpha value is -1.48. The number of rotatable bonds is 6. The summed E-state index contributed by atoms with van der Waals surface area (Å²) in [5.41, 5.74) is 5.13. The zero-order chi connectivity index (χ0) is 16.9. The Bertz CT molecular complexity index is 546. The second kappa shape index (κ2) is 7.68. The highest BCUT2D eigenvalue weighted by atomic mass is 32.2. The van der Waals surface area contributed by atoms with Gasteiger partial charge in [0.2, 0.25) is 21.8 Å². The maximum atomic E-state index is 12.3. The third-order valence-electron chi connectivity index (χ3n) is 3.67. The van der Waals surface area contributed by atoms with Crippen LogP contribution in [0.4, 0.5) is 0 Å². The summed E-state index contributed by atoms with van der Waals surface area (Å²) >= 11 is 0. The predicted octanol–water partition coefficient (Wildman–Crippen LogP) is -1.00. The number of hydrogen-bond donors (Lipinski definition) is 2. The van der Waals surface area contributed by atoms with Crippen LogP contribution < -0.4 is 11.1 Å². The van der Waals surface area contributed by atoms with Crippen LogP contribution >= 0.6 is 0 Å². The quantitative estimate of drug-likeness (QED) is 0.642. The molecule has 3 N–H and O–H groups in total. The summed E-state index contributed by atoms with van der Waals surface area (Å²) in [4.78, 5) is 35.3. The number of amides is 2. The number of nitrogens with two attached hydrogens (primary N) is 1. The van der Waals surface area contributed by atoms with Gasteiger partial charge >= 0.3 is 0 Å². The maximum Gasteiger partial charge on any atom is 0.236 e. The van der Waals surface area contributed by atoms with Gasteiger partial charge in [-0.1, -0.05) is 6.92 Å². The zero-order valence-corrected chi connectivity index (χ0v) is 13.7. The molecule has 1 aliphatic rings. The van der Waals surface area contributed by atoms with Gasteiger partial charge in [0, 0.05) is 12.3 Å². The number of carbonyl (C=O) groups is 3. The number of sulfonamides is 1. The van der Waals surface area contributed by atoms with Gasteiger partial charge in [0.05, 0.1) is 12.8 Å². The Balaban J connectivity index is 2.91. The molecule has 2 amide bonds. The highest BCUT2D eigenvalue weighted by molar-refractivity contribution is 7.88. The van der Waals surface area contributed by atoms with Crippen LogP contribution in [0, 0.1) is 5.92 Å². The number of primary amides is 1. The number of nitrogens with one attached hydrogen (secondary N) is 1. The van der Waals surface area contributed by atoms with Crippen molar-refractivity contribution >= 4 is 27.6 Å². The molecule has 0 bridgehead atoms. The van der Waals surface area contributed by atoms with Crippen LogP contribution in [-0.4, -0.2) is 55.7 Å². The van der Waals surface area contributed by atoms with Crippen molar-refractivity contribution in [2.45, 2.75) is 38.6 Å². The smallest absolute Gasteiger partial charge is 0.236 e. The van der Waals surface area contributed by atoms with E-state index in [1.807, 2.05) is 0 Å². The summed E-state index contributed by atoms with van der Waals surface area (Å²) in [6, 6.07) is -0.971. The molecule has 8 nitrogen and oxygen atoms in total. The van der Waals surface area contributed by atoms with Crippen LogP contribution in [0.2, 0.25) is 0 Å². The second-order valence-electron chi connectivity index (χ2n) is 5.60. The van der Waals surface area contributed by atoms with E-state index in [0.29, 0.717) is 23.7 Å². The Morgan fingerprint density at radius 3 is 2.64 bits per heavy atom. The first-order valence-corrected chi connectivity index (χ1v) is 9.04.